The number of fused-ring (bicyclic) bond motifs is 5. The molecular formula is C33H34N2O3. The molecule has 5 heteroatoms. The van der Waals surface area contributed by atoms with Gasteiger partial charge in [-0.25, -0.2) is 0 Å². The Morgan fingerprint density at radius 3 is 2.71 bits per heavy atom. The van der Waals surface area contributed by atoms with Gasteiger partial charge in [0.2, 0.25) is 0 Å². The van der Waals surface area contributed by atoms with E-state index in [0.29, 0.717) is 11.8 Å². The Bertz CT molecular complexity index is 1490. The van der Waals surface area contributed by atoms with Crippen molar-refractivity contribution in [2.24, 2.45) is 11.8 Å². The van der Waals surface area contributed by atoms with E-state index in [-0.39, 0.29) is 12.0 Å². The monoisotopic (exact) mass is 506 g/mol. The van der Waals surface area contributed by atoms with E-state index in [9.17, 15) is 4.79 Å². The van der Waals surface area contributed by atoms with Crippen LogP contribution in [0.25, 0.3) is 21.7 Å². The molecule has 7 rings (SSSR count). The number of pyridine rings is 1. The summed E-state index contributed by atoms with van der Waals surface area (Å²) < 4.78 is 12.1. The van der Waals surface area contributed by atoms with Crippen LogP contribution in [0, 0.1) is 11.8 Å². The minimum Gasteiger partial charge on any atom is -0.497 e. The summed E-state index contributed by atoms with van der Waals surface area (Å²) in [5.41, 5.74) is 2.84. The number of carbonyl (C=O) groups is 1. The molecule has 1 aromatic heterocycles. The fraction of sp³-hybridized carbons (Fsp3) is 0.333. The summed E-state index contributed by atoms with van der Waals surface area (Å²) in [6.07, 6.45) is 5.65. The molecule has 0 amide bonds. The average Bonchev–Trinajstić information content (AvgIpc) is 2.98. The van der Waals surface area contributed by atoms with Gasteiger partial charge in [-0.1, -0.05) is 48.5 Å². The molecule has 3 aliphatic heterocycles. The van der Waals surface area contributed by atoms with E-state index in [2.05, 4.69) is 40.7 Å². The van der Waals surface area contributed by atoms with Gasteiger partial charge in [0.15, 0.2) is 0 Å². The van der Waals surface area contributed by atoms with Gasteiger partial charge < -0.3 is 9.47 Å². The molecule has 4 heterocycles. The summed E-state index contributed by atoms with van der Waals surface area (Å²) in [5.74, 6) is 1.20. The Morgan fingerprint density at radius 1 is 1.08 bits per heavy atom. The van der Waals surface area contributed by atoms with Crippen molar-refractivity contribution in [1.82, 2.24) is 9.88 Å². The van der Waals surface area contributed by atoms with Crippen LogP contribution in [0.4, 0.5) is 0 Å². The largest absolute Gasteiger partial charge is 0.497 e. The average molecular weight is 507 g/mol. The van der Waals surface area contributed by atoms with Crippen LogP contribution in [0.1, 0.15) is 42.9 Å². The summed E-state index contributed by atoms with van der Waals surface area (Å²) in [7, 11) is 1.67. The SMILES string of the molecule is C=C[C@H]1CN2CC[C@H]1C[C@H]2[C@H](OC(=O)C(C)c1cccc2ccccc12)c1ccnc2ccc(OC)cc12. The number of ether oxygens (including phenoxy) is 2. The second-order valence-corrected chi connectivity index (χ2v) is 10.7. The Balaban J connectivity index is 1.40. The Morgan fingerprint density at radius 2 is 1.92 bits per heavy atom. The van der Waals surface area contributed by atoms with Crippen molar-refractivity contribution in [3.63, 3.8) is 0 Å². The minimum absolute atomic E-state index is 0.102. The lowest BCUT2D eigenvalue weighted by molar-refractivity contribution is -0.158. The summed E-state index contributed by atoms with van der Waals surface area (Å²) in [4.78, 5) is 21.0. The third-order valence-electron chi connectivity index (χ3n) is 8.68. The molecule has 0 aliphatic carbocycles. The zero-order valence-electron chi connectivity index (χ0n) is 22.0. The van der Waals surface area contributed by atoms with Gasteiger partial charge in [0.25, 0.3) is 0 Å². The zero-order chi connectivity index (χ0) is 26.2. The number of carbonyl (C=O) groups excluding carboxylic acids is 1. The highest BCUT2D eigenvalue weighted by molar-refractivity contribution is 5.91. The van der Waals surface area contributed by atoms with E-state index in [1.54, 1.807) is 7.11 Å². The summed E-state index contributed by atoms with van der Waals surface area (Å²) in [6.45, 7) is 8.01. The number of rotatable bonds is 7. The fourth-order valence-corrected chi connectivity index (χ4v) is 6.55. The van der Waals surface area contributed by atoms with Crippen LogP contribution >= 0.6 is 0 Å². The first kappa shape index (κ1) is 24.6. The molecule has 6 atom stereocenters. The number of hydrogen-bond donors (Lipinski definition) is 0. The van der Waals surface area contributed by atoms with Crippen LogP contribution < -0.4 is 4.74 Å². The maximum absolute atomic E-state index is 13.9. The maximum Gasteiger partial charge on any atom is 0.313 e. The summed E-state index contributed by atoms with van der Waals surface area (Å²) in [5, 5.41) is 3.18. The minimum atomic E-state index is -0.411. The smallest absolute Gasteiger partial charge is 0.313 e. The first-order valence-corrected chi connectivity index (χ1v) is 13.5. The topological polar surface area (TPSA) is 51.7 Å². The molecule has 4 aromatic rings. The third kappa shape index (κ3) is 4.35. The Hall–Kier alpha value is -3.70. The molecule has 3 saturated heterocycles. The van der Waals surface area contributed by atoms with E-state index in [1.165, 1.54) is 0 Å². The lowest BCUT2D eigenvalue weighted by Gasteiger charge is -2.51. The number of piperidine rings is 3. The van der Waals surface area contributed by atoms with Crippen molar-refractivity contribution < 1.29 is 14.3 Å². The highest BCUT2D eigenvalue weighted by Crippen LogP contribution is 2.44. The quantitative estimate of drug-likeness (QED) is 0.207. The van der Waals surface area contributed by atoms with E-state index < -0.39 is 12.0 Å². The van der Waals surface area contributed by atoms with E-state index >= 15 is 0 Å². The lowest BCUT2D eigenvalue weighted by atomic mass is 9.73. The first-order valence-electron chi connectivity index (χ1n) is 13.5. The molecule has 5 nitrogen and oxygen atoms in total. The second kappa shape index (κ2) is 10.2. The third-order valence-corrected chi connectivity index (χ3v) is 8.68. The van der Waals surface area contributed by atoms with E-state index in [4.69, 9.17) is 9.47 Å². The van der Waals surface area contributed by atoms with Crippen molar-refractivity contribution in [3.8, 4) is 5.75 Å². The molecule has 3 fully saturated rings. The number of aromatic nitrogens is 1. The number of nitrogens with zero attached hydrogens (tertiary/aromatic N) is 2. The van der Waals surface area contributed by atoms with Gasteiger partial charge in [-0.15, -0.1) is 6.58 Å². The van der Waals surface area contributed by atoms with Crippen molar-refractivity contribution in [2.75, 3.05) is 20.2 Å². The predicted octanol–water partition coefficient (Wildman–Crippen LogP) is 6.68. The maximum atomic E-state index is 13.9. The van der Waals surface area contributed by atoms with Crippen molar-refractivity contribution in [1.29, 1.82) is 0 Å². The van der Waals surface area contributed by atoms with Gasteiger partial charge >= 0.3 is 5.97 Å². The molecule has 3 aliphatic rings. The van der Waals surface area contributed by atoms with Crippen molar-refractivity contribution >= 4 is 27.6 Å². The van der Waals surface area contributed by atoms with Gasteiger partial charge in [-0.2, -0.15) is 0 Å². The van der Waals surface area contributed by atoms with Crippen LogP contribution in [0.2, 0.25) is 0 Å². The van der Waals surface area contributed by atoms with Crippen molar-refractivity contribution in [3.05, 3.63) is 96.7 Å². The number of esters is 1. The summed E-state index contributed by atoms with van der Waals surface area (Å²) in [6, 6.07) is 22.4. The summed E-state index contributed by atoms with van der Waals surface area (Å²) >= 11 is 0. The molecule has 2 unspecified atom stereocenters. The number of methoxy groups -OCH3 is 1. The van der Waals surface area contributed by atoms with Crippen LogP contribution in [-0.4, -0.2) is 42.1 Å². The molecule has 0 spiro atoms. The molecule has 38 heavy (non-hydrogen) atoms. The first-order chi connectivity index (χ1) is 18.6. The van der Waals surface area contributed by atoms with Crippen LogP contribution in [0.3, 0.4) is 0 Å². The number of benzene rings is 3. The Kier molecular flexibility index (Phi) is 6.62. The lowest BCUT2D eigenvalue weighted by Crippen LogP contribution is -2.55. The van der Waals surface area contributed by atoms with Gasteiger partial charge in [-0.05, 0) is 78.7 Å². The fourth-order valence-electron chi connectivity index (χ4n) is 6.55. The molecule has 0 N–H and O–H groups in total. The molecule has 2 bridgehead atoms. The second-order valence-electron chi connectivity index (χ2n) is 10.7. The van der Waals surface area contributed by atoms with Crippen LogP contribution in [-0.2, 0) is 9.53 Å². The normalized spacial score (nSPS) is 24.2. The highest BCUT2D eigenvalue weighted by atomic mass is 16.5. The molecule has 0 saturated carbocycles. The number of hydrogen-bond acceptors (Lipinski definition) is 5. The van der Waals surface area contributed by atoms with E-state index in [1.807, 2.05) is 61.7 Å². The predicted molar refractivity (Wildman–Crippen MR) is 151 cm³/mol. The van der Waals surface area contributed by atoms with Gasteiger partial charge in [0.05, 0.1) is 24.6 Å². The molecular weight excluding hydrogens is 472 g/mol. The van der Waals surface area contributed by atoms with E-state index in [0.717, 1.165) is 64.5 Å². The molecule has 194 valence electrons. The van der Waals surface area contributed by atoms with Crippen LogP contribution in [0.15, 0.2) is 85.6 Å². The van der Waals surface area contributed by atoms with Gasteiger partial charge in [-0.3, -0.25) is 14.7 Å². The standard InChI is InChI=1S/C33H34N2O3/c1-4-22-20-35-17-15-24(22)18-31(35)32(28-14-16-34-30-13-12-25(37-3)19-29(28)30)38-33(36)21(2)26-11-7-9-23-8-5-6-10-27(23)26/h4-14,16,19,21-22,24,31-32H,1,15,17-18,20H2,2-3H3/t21?,22-,24-,31-,32+/m0/s1. The molecule has 3 aromatic carbocycles. The van der Waals surface area contributed by atoms with Crippen molar-refractivity contribution in [2.45, 2.75) is 37.8 Å². The van der Waals surface area contributed by atoms with Crippen LogP contribution in [0.5, 0.6) is 5.75 Å². The molecule has 0 radical (unpaired) electrons. The van der Waals surface area contributed by atoms with Gasteiger partial charge in [0.1, 0.15) is 11.9 Å². The van der Waals surface area contributed by atoms with Gasteiger partial charge in [0, 0.05) is 23.7 Å². The Labute approximate surface area is 224 Å². The highest BCUT2D eigenvalue weighted by Gasteiger charge is 2.44. The zero-order valence-corrected chi connectivity index (χ0v) is 22.0.